The van der Waals surface area contributed by atoms with Gasteiger partial charge in [0.1, 0.15) is 5.82 Å². The van der Waals surface area contributed by atoms with Gasteiger partial charge in [0, 0.05) is 25.2 Å². The molecule has 0 bridgehead atoms. The van der Waals surface area contributed by atoms with Gasteiger partial charge in [-0.2, -0.15) is 0 Å². The second kappa shape index (κ2) is 4.35. The molecular weight excluding hydrogens is 208 g/mol. The Balaban J connectivity index is 2.02. The predicted molar refractivity (Wildman–Crippen MR) is 61.4 cm³/mol. The van der Waals surface area contributed by atoms with Gasteiger partial charge in [-0.1, -0.05) is 17.8 Å². The normalized spacial score (nSPS) is 10.5. The van der Waals surface area contributed by atoms with Crippen molar-refractivity contribution in [3.05, 3.63) is 36.3 Å². The SMILES string of the molecule is Cn1ccnc1SCc1cccc(N)n1. The highest BCUT2D eigenvalue weighted by Crippen LogP contribution is 2.19. The number of imidazole rings is 1. The lowest BCUT2D eigenvalue weighted by atomic mass is 10.4. The molecule has 0 atom stereocenters. The molecule has 0 aliphatic rings. The molecule has 15 heavy (non-hydrogen) atoms. The van der Waals surface area contributed by atoms with Gasteiger partial charge in [-0.25, -0.2) is 9.97 Å². The van der Waals surface area contributed by atoms with Crippen LogP contribution in [0.3, 0.4) is 0 Å². The number of nitrogen functional groups attached to an aromatic ring is 1. The Bertz CT molecular complexity index is 452. The Kier molecular flexibility index (Phi) is 2.91. The van der Waals surface area contributed by atoms with Gasteiger partial charge in [0.05, 0.1) is 5.69 Å². The molecule has 0 aromatic carbocycles. The van der Waals surface area contributed by atoms with E-state index in [1.165, 1.54) is 0 Å². The smallest absolute Gasteiger partial charge is 0.168 e. The van der Waals surface area contributed by atoms with Crippen molar-refractivity contribution in [1.29, 1.82) is 0 Å². The first-order valence-electron chi connectivity index (χ1n) is 4.57. The number of nitrogens with zero attached hydrogens (tertiary/aromatic N) is 3. The second-order valence-corrected chi connectivity index (χ2v) is 4.11. The van der Waals surface area contributed by atoms with E-state index in [0.717, 1.165) is 16.6 Å². The molecule has 0 spiro atoms. The largest absolute Gasteiger partial charge is 0.384 e. The average Bonchev–Trinajstić information content (AvgIpc) is 2.61. The fraction of sp³-hybridized carbons (Fsp3) is 0.200. The highest BCUT2D eigenvalue weighted by Gasteiger charge is 2.01. The van der Waals surface area contributed by atoms with Crippen LogP contribution in [0.5, 0.6) is 0 Å². The van der Waals surface area contributed by atoms with Gasteiger partial charge in [-0.15, -0.1) is 0 Å². The Hall–Kier alpha value is -1.49. The van der Waals surface area contributed by atoms with Crippen LogP contribution >= 0.6 is 11.8 Å². The minimum Gasteiger partial charge on any atom is -0.384 e. The van der Waals surface area contributed by atoms with Crippen LogP contribution in [0.4, 0.5) is 5.82 Å². The van der Waals surface area contributed by atoms with Crippen LogP contribution in [0, 0.1) is 0 Å². The lowest BCUT2D eigenvalue weighted by Crippen LogP contribution is -1.95. The number of rotatable bonds is 3. The number of pyridine rings is 1. The van der Waals surface area contributed by atoms with Crippen molar-refractivity contribution in [1.82, 2.24) is 14.5 Å². The van der Waals surface area contributed by atoms with Gasteiger partial charge < -0.3 is 10.3 Å². The molecule has 0 aliphatic heterocycles. The maximum atomic E-state index is 5.60. The van der Waals surface area contributed by atoms with Crippen molar-refractivity contribution in [3.8, 4) is 0 Å². The first-order chi connectivity index (χ1) is 7.25. The van der Waals surface area contributed by atoms with Crippen molar-refractivity contribution in [2.45, 2.75) is 10.9 Å². The van der Waals surface area contributed by atoms with Crippen LogP contribution in [-0.2, 0) is 12.8 Å². The summed E-state index contributed by atoms with van der Waals surface area (Å²) < 4.78 is 1.98. The van der Waals surface area contributed by atoms with Gasteiger partial charge >= 0.3 is 0 Å². The van der Waals surface area contributed by atoms with Crippen LogP contribution < -0.4 is 5.73 Å². The molecule has 0 amide bonds. The molecule has 78 valence electrons. The summed E-state index contributed by atoms with van der Waals surface area (Å²) in [5.74, 6) is 1.35. The molecule has 5 heteroatoms. The number of nitrogens with two attached hydrogens (primary N) is 1. The second-order valence-electron chi connectivity index (χ2n) is 3.16. The topological polar surface area (TPSA) is 56.7 Å². The summed E-state index contributed by atoms with van der Waals surface area (Å²) >= 11 is 1.65. The van der Waals surface area contributed by atoms with E-state index in [1.807, 2.05) is 29.9 Å². The van der Waals surface area contributed by atoms with Crippen LogP contribution in [-0.4, -0.2) is 14.5 Å². The molecule has 0 radical (unpaired) electrons. The summed E-state index contributed by atoms with van der Waals surface area (Å²) in [6.45, 7) is 0. The predicted octanol–water partition coefficient (Wildman–Crippen LogP) is 1.69. The van der Waals surface area contributed by atoms with Crippen LogP contribution in [0.15, 0.2) is 35.7 Å². The van der Waals surface area contributed by atoms with Gasteiger partial charge in [-0.05, 0) is 12.1 Å². The third-order valence-electron chi connectivity index (χ3n) is 1.95. The van der Waals surface area contributed by atoms with E-state index in [2.05, 4.69) is 9.97 Å². The number of hydrogen-bond acceptors (Lipinski definition) is 4. The number of aryl methyl sites for hydroxylation is 1. The summed E-state index contributed by atoms with van der Waals surface area (Å²) in [6.07, 6.45) is 3.71. The van der Waals surface area contributed by atoms with E-state index in [1.54, 1.807) is 24.0 Å². The lowest BCUT2D eigenvalue weighted by molar-refractivity contribution is 0.789. The summed E-state index contributed by atoms with van der Waals surface area (Å²) in [5.41, 5.74) is 6.57. The van der Waals surface area contributed by atoms with E-state index in [9.17, 15) is 0 Å². The lowest BCUT2D eigenvalue weighted by Gasteiger charge is -2.01. The van der Waals surface area contributed by atoms with E-state index >= 15 is 0 Å². The molecule has 4 nitrogen and oxygen atoms in total. The molecule has 2 rings (SSSR count). The molecule has 0 saturated heterocycles. The molecule has 2 aromatic heterocycles. The quantitative estimate of drug-likeness (QED) is 0.800. The zero-order valence-electron chi connectivity index (χ0n) is 8.42. The summed E-state index contributed by atoms with van der Waals surface area (Å²) in [5, 5.41) is 0.985. The van der Waals surface area contributed by atoms with Gasteiger partial charge in [0.2, 0.25) is 0 Å². The summed E-state index contributed by atoms with van der Waals surface area (Å²) in [7, 11) is 1.97. The highest BCUT2D eigenvalue weighted by atomic mass is 32.2. The third-order valence-corrected chi connectivity index (χ3v) is 3.05. The molecule has 2 aromatic rings. The van der Waals surface area contributed by atoms with E-state index in [-0.39, 0.29) is 0 Å². The average molecular weight is 220 g/mol. The summed E-state index contributed by atoms with van der Waals surface area (Å²) in [4.78, 5) is 8.44. The molecule has 2 heterocycles. The highest BCUT2D eigenvalue weighted by molar-refractivity contribution is 7.98. The number of anilines is 1. The molecule has 0 unspecified atom stereocenters. The standard InChI is InChI=1S/C10H12N4S/c1-14-6-5-12-10(14)15-7-8-3-2-4-9(11)13-8/h2-6H,7H2,1H3,(H2,11,13). The Labute approximate surface area is 92.5 Å². The monoisotopic (exact) mass is 220 g/mol. The van der Waals surface area contributed by atoms with E-state index < -0.39 is 0 Å². The molecule has 0 saturated carbocycles. The minimum atomic E-state index is 0.563. The van der Waals surface area contributed by atoms with Gasteiger partial charge in [-0.3, -0.25) is 0 Å². The zero-order chi connectivity index (χ0) is 10.7. The molecule has 2 N–H and O–H groups in total. The fourth-order valence-corrected chi connectivity index (χ4v) is 2.05. The van der Waals surface area contributed by atoms with Crippen molar-refractivity contribution < 1.29 is 0 Å². The molecular formula is C10H12N4S. The first kappa shape index (κ1) is 10.0. The number of hydrogen-bond donors (Lipinski definition) is 1. The number of aromatic nitrogens is 3. The third kappa shape index (κ3) is 2.50. The zero-order valence-corrected chi connectivity index (χ0v) is 9.24. The van der Waals surface area contributed by atoms with Crippen molar-refractivity contribution in [3.63, 3.8) is 0 Å². The first-order valence-corrected chi connectivity index (χ1v) is 5.56. The van der Waals surface area contributed by atoms with Crippen molar-refractivity contribution >= 4 is 17.6 Å². The van der Waals surface area contributed by atoms with Gasteiger partial charge in [0.25, 0.3) is 0 Å². The maximum absolute atomic E-state index is 5.60. The van der Waals surface area contributed by atoms with Crippen LogP contribution in [0.2, 0.25) is 0 Å². The molecule has 0 fully saturated rings. The van der Waals surface area contributed by atoms with Gasteiger partial charge in [0.15, 0.2) is 5.16 Å². The van der Waals surface area contributed by atoms with E-state index in [4.69, 9.17) is 5.73 Å². The summed E-state index contributed by atoms with van der Waals surface area (Å²) in [6, 6.07) is 5.66. The minimum absolute atomic E-state index is 0.563. The Morgan fingerprint density at radius 3 is 3.00 bits per heavy atom. The fourth-order valence-electron chi connectivity index (χ4n) is 1.21. The maximum Gasteiger partial charge on any atom is 0.168 e. The Morgan fingerprint density at radius 1 is 1.47 bits per heavy atom. The van der Waals surface area contributed by atoms with E-state index in [0.29, 0.717) is 5.82 Å². The van der Waals surface area contributed by atoms with Crippen molar-refractivity contribution in [2.75, 3.05) is 5.73 Å². The van der Waals surface area contributed by atoms with Crippen LogP contribution in [0.25, 0.3) is 0 Å². The van der Waals surface area contributed by atoms with Crippen LogP contribution in [0.1, 0.15) is 5.69 Å². The molecule has 0 aliphatic carbocycles. The number of thioether (sulfide) groups is 1. The Morgan fingerprint density at radius 2 is 2.33 bits per heavy atom. The van der Waals surface area contributed by atoms with Crippen molar-refractivity contribution in [2.24, 2.45) is 7.05 Å².